The van der Waals surface area contributed by atoms with Crippen molar-refractivity contribution in [2.45, 2.75) is 51.2 Å². The zero-order valence-electron chi connectivity index (χ0n) is 20.8. The number of amides is 2. The van der Waals surface area contributed by atoms with Gasteiger partial charge in [0.15, 0.2) is 23.2 Å². The lowest BCUT2D eigenvalue weighted by atomic mass is 10.0. The number of hydrogen-bond acceptors (Lipinski definition) is 10. The van der Waals surface area contributed by atoms with Crippen LogP contribution in [0.5, 0.6) is 0 Å². The van der Waals surface area contributed by atoms with Crippen LogP contribution in [0, 0.1) is 5.92 Å². The molecule has 13 heteroatoms. The highest BCUT2D eigenvalue weighted by Crippen LogP contribution is 2.33. The van der Waals surface area contributed by atoms with Crippen LogP contribution >= 0.6 is 0 Å². The third-order valence-corrected chi connectivity index (χ3v) is 6.64. The predicted octanol–water partition coefficient (Wildman–Crippen LogP) is 0.452. The molecule has 2 aliphatic rings. The summed E-state index contributed by atoms with van der Waals surface area (Å²) >= 11 is 0. The molecule has 0 radical (unpaired) electrons. The smallest absolute Gasteiger partial charge is 0.280 e. The van der Waals surface area contributed by atoms with Gasteiger partial charge in [-0.3, -0.25) is 33.6 Å². The highest BCUT2D eigenvalue weighted by molar-refractivity contribution is 6.22. The Kier molecular flexibility index (Phi) is 6.82. The van der Waals surface area contributed by atoms with E-state index in [-0.39, 0.29) is 41.1 Å². The zero-order valence-corrected chi connectivity index (χ0v) is 20.8. The van der Waals surface area contributed by atoms with Crippen LogP contribution in [0.4, 0.5) is 5.95 Å². The first kappa shape index (κ1) is 25.7. The number of ether oxygens (including phenoxy) is 1. The molecular formula is C25H28N6O7. The van der Waals surface area contributed by atoms with E-state index in [0.717, 1.165) is 4.90 Å². The first-order chi connectivity index (χ1) is 18.2. The molecular weight excluding hydrogens is 496 g/mol. The van der Waals surface area contributed by atoms with Gasteiger partial charge < -0.3 is 20.3 Å². The van der Waals surface area contributed by atoms with E-state index in [9.17, 15) is 29.4 Å². The first-order valence-corrected chi connectivity index (χ1v) is 12.3. The van der Waals surface area contributed by atoms with Crippen molar-refractivity contribution in [3.05, 3.63) is 52.1 Å². The Labute approximate surface area is 216 Å². The number of nitrogens with zero attached hydrogens (tertiary/aromatic N) is 4. The van der Waals surface area contributed by atoms with Gasteiger partial charge in [0.2, 0.25) is 5.95 Å². The van der Waals surface area contributed by atoms with Crippen molar-refractivity contribution in [2.24, 2.45) is 5.92 Å². The number of hydrogen-bond donors (Lipinski definition) is 4. The molecule has 1 aromatic carbocycles. The Hall–Kier alpha value is -3.94. The molecule has 2 amide bonds. The summed E-state index contributed by atoms with van der Waals surface area (Å²) in [5.41, 5.74) is 0.258. The minimum Gasteiger partial charge on any atom is -0.388 e. The summed E-state index contributed by atoms with van der Waals surface area (Å²) in [5.74, 6) is -0.903. The highest BCUT2D eigenvalue weighted by atomic mass is 16.6. The number of H-pyrrole nitrogens is 1. The van der Waals surface area contributed by atoms with Crippen molar-refractivity contribution in [1.82, 2.24) is 24.4 Å². The lowest BCUT2D eigenvalue weighted by Crippen LogP contribution is -2.36. The number of benzene rings is 1. The second kappa shape index (κ2) is 10.1. The van der Waals surface area contributed by atoms with E-state index in [1.807, 2.05) is 13.8 Å². The Bertz CT molecular complexity index is 1430. The molecule has 1 unspecified atom stereocenters. The molecule has 3 aromatic rings. The summed E-state index contributed by atoms with van der Waals surface area (Å²) in [7, 11) is 0. The van der Waals surface area contributed by atoms with E-state index in [1.54, 1.807) is 12.1 Å². The van der Waals surface area contributed by atoms with Gasteiger partial charge in [-0.1, -0.05) is 26.0 Å². The van der Waals surface area contributed by atoms with E-state index in [4.69, 9.17) is 4.74 Å². The molecule has 4 N–H and O–H groups in total. The maximum absolute atomic E-state index is 12.6. The molecule has 2 aromatic heterocycles. The zero-order chi connectivity index (χ0) is 27.1. The molecule has 0 aliphatic carbocycles. The van der Waals surface area contributed by atoms with Gasteiger partial charge in [0.1, 0.15) is 12.2 Å². The van der Waals surface area contributed by atoms with Gasteiger partial charge in [0, 0.05) is 13.0 Å². The number of imidazole rings is 1. The number of ketones is 1. The van der Waals surface area contributed by atoms with Crippen LogP contribution in [-0.2, 0) is 9.53 Å². The van der Waals surface area contributed by atoms with E-state index in [0.29, 0.717) is 12.5 Å². The van der Waals surface area contributed by atoms with E-state index in [2.05, 4.69) is 20.3 Å². The van der Waals surface area contributed by atoms with E-state index in [1.165, 1.54) is 23.0 Å². The van der Waals surface area contributed by atoms with Crippen molar-refractivity contribution >= 4 is 34.7 Å². The summed E-state index contributed by atoms with van der Waals surface area (Å²) in [4.78, 5) is 62.1. The molecule has 0 bridgehead atoms. The number of aromatic amines is 1. The summed E-state index contributed by atoms with van der Waals surface area (Å²) in [6, 6.07) is 6.37. The molecule has 5 rings (SSSR count). The number of carbonyl (C=O) groups excluding carboxylic acids is 3. The number of nitrogens with one attached hydrogen (secondary N) is 2. The van der Waals surface area contributed by atoms with Crippen LogP contribution in [0.3, 0.4) is 0 Å². The number of carbonyl (C=O) groups is 3. The van der Waals surface area contributed by atoms with Crippen LogP contribution < -0.4 is 10.9 Å². The Balaban J connectivity index is 1.25. The van der Waals surface area contributed by atoms with Gasteiger partial charge in [0.05, 0.1) is 30.1 Å². The number of aliphatic hydroxyl groups excluding tert-OH is 2. The van der Waals surface area contributed by atoms with Crippen LogP contribution in [-0.4, -0.2) is 83.6 Å². The standard InChI is InChI=1S/C25H28N6O7/c1-12(2)9-26-25-28-20-17(21(35)29-25)27-11-31(20)24-19(34)18(33)16(38-24)8-7-13(32)10-30-22(36)14-5-3-4-6-15(14)23(30)37/h3-6,11-12,16,18-19,24,33-34H,7-10H2,1-2H3,(H2,26,28,29,35)/t16-,18+,19?,24-/m1/s1. The summed E-state index contributed by atoms with van der Waals surface area (Å²) < 4.78 is 7.25. The lowest BCUT2D eigenvalue weighted by Gasteiger charge is -2.17. The molecule has 200 valence electrons. The monoisotopic (exact) mass is 524 g/mol. The van der Waals surface area contributed by atoms with Crippen LogP contribution in [0.15, 0.2) is 35.4 Å². The van der Waals surface area contributed by atoms with E-state index >= 15 is 0 Å². The van der Waals surface area contributed by atoms with Gasteiger partial charge in [-0.2, -0.15) is 4.98 Å². The fourth-order valence-electron chi connectivity index (χ4n) is 4.64. The molecule has 4 atom stereocenters. The summed E-state index contributed by atoms with van der Waals surface area (Å²) in [6.07, 6.45) is -3.48. The quantitative estimate of drug-likeness (QED) is 0.287. The van der Waals surface area contributed by atoms with Gasteiger partial charge >= 0.3 is 0 Å². The Morgan fingerprint density at radius 3 is 2.47 bits per heavy atom. The number of anilines is 1. The summed E-state index contributed by atoms with van der Waals surface area (Å²) in [6.45, 7) is 4.18. The molecule has 2 aliphatic heterocycles. The Morgan fingerprint density at radius 2 is 1.82 bits per heavy atom. The van der Waals surface area contributed by atoms with Crippen molar-refractivity contribution in [3.8, 4) is 0 Å². The summed E-state index contributed by atoms with van der Waals surface area (Å²) in [5, 5.41) is 24.4. The minimum absolute atomic E-state index is 0.0402. The number of aromatic nitrogens is 4. The maximum atomic E-state index is 12.6. The van der Waals surface area contributed by atoms with Gasteiger partial charge in [0.25, 0.3) is 17.4 Å². The first-order valence-electron chi connectivity index (χ1n) is 12.3. The molecule has 0 spiro atoms. The second-order valence-corrected chi connectivity index (χ2v) is 9.88. The number of fused-ring (bicyclic) bond motifs is 2. The van der Waals surface area contributed by atoms with Gasteiger partial charge in [-0.15, -0.1) is 0 Å². The lowest BCUT2D eigenvalue weighted by molar-refractivity contribution is -0.120. The molecule has 1 fully saturated rings. The van der Waals surface area contributed by atoms with Crippen molar-refractivity contribution in [2.75, 3.05) is 18.4 Å². The highest BCUT2D eigenvalue weighted by Gasteiger charge is 2.44. The van der Waals surface area contributed by atoms with Crippen LogP contribution in [0.25, 0.3) is 11.2 Å². The SMILES string of the molecule is CC(C)CNc1nc2c(ncn2[C@@H]2O[C@H](CCC(=O)CN3C(=O)c4ccccc4C3=O)[C@H](O)C2O)c(=O)[nH]1. The second-order valence-electron chi connectivity index (χ2n) is 9.88. The largest absolute Gasteiger partial charge is 0.388 e. The van der Waals surface area contributed by atoms with Crippen molar-refractivity contribution in [3.63, 3.8) is 0 Å². The third-order valence-electron chi connectivity index (χ3n) is 6.64. The molecule has 13 nitrogen and oxygen atoms in total. The average Bonchev–Trinajstić information content (AvgIpc) is 3.51. The number of imide groups is 1. The molecule has 4 heterocycles. The fourth-order valence-corrected chi connectivity index (χ4v) is 4.64. The van der Waals surface area contributed by atoms with Gasteiger partial charge in [-0.25, -0.2) is 4.98 Å². The number of rotatable bonds is 9. The van der Waals surface area contributed by atoms with Crippen molar-refractivity contribution < 1.29 is 29.3 Å². The number of aliphatic hydroxyl groups is 2. The Morgan fingerprint density at radius 1 is 1.13 bits per heavy atom. The molecule has 1 saturated heterocycles. The topological polar surface area (TPSA) is 180 Å². The fraction of sp³-hybridized carbons (Fsp3) is 0.440. The predicted molar refractivity (Wildman–Crippen MR) is 133 cm³/mol. The average molecular weight is 525 g/mol. The van der Waals surface area contributed by atoms with Gasteiger partial charge in [-0.05, 0) is 24.5 Å². The third kappa shape index (κ3) is 4.59. The number of Topliss-reactive ketones (excluding diaryl/α,β-unsaturated/α-hetero) is 1. The molecule has 0 saturated carbocycles. The van der Waals surface area contributed by atoms with Crippen LogP contribution in [0.2, 0.25) is 0 Å². The minimum atomic E-state index is -1.38. The van der Waals surface area contributed by atoms with Crippen LogP contribution in [0.1, 0.15) is 53.6 Å². The van der Waals surface area contributed by atoms with E-state index < -0.39 is 54.2 Å². The van der Waals surface area contributed by atoms with Crippen molar-refractivity contribution in [1.29, 1.82) is 0 Å². The normalized spacial score (nSPS) is 23.0. The molecule has 38 heavy (non-hydrogen) atoms. The maximum Gasteiger partial charge on any atom is 0.280 e.